The molecule has 0 aromatic heterocycles. The smallest absolute Gasteiger partial charge is 0.134 e. The number of benzene rings is 3. The van der Waals surface area contributed by atoms with Crippen LogP contribution in [-0.4, -0.2) is 13.2 Å². The molecule has 0 saturated heterocycles. The van der Waals surface area contributed by atoms with Gasteiger partial charge in [-0.3, -0.25) is 0 Å². The van der Waals surface area contributed by atoms with Crippen molar-refractivity contribution in [3.63, 3.8) is 0 Å². The van der Waals surface area contributed by atoms with Gasteiger partial charge in [-0.15, -0.1) is 0 Å². The summed E-state index contributed by atoms with van der Waals surface area (Å²) in [7, 11) is 0. The lowest BCUT2D eigenvalue weighted by molar-refractivity contribution is 0.209. The maximum Gasteiger partial charge on any atom is 0.134 e. The van der Waals surface area contributed by atoms with Gasteiger partial charge in [0.25, 0.3) is 0 Å². The Morgan fingerprint density at radius 2 is 1.55 bits per heavy atom. The fraction of sp³-hybridized carbons (Fsp3) is 0.286. The maximum atomic E-state index is 14.6. The number of rotatable bonds is 11. The van der Waals surface area contributed by atoms with E-state index in [9.17, 15) is 4.39 Å². The van der Waals surface area contributed by atoms with Crippen LogP contribution in [-0.2, 0) is 11.2 Å². The second-order valence-electron chi connectivity index (χ2n) is 7.87. The Balaban J connectivity index is 1.65. The number of hydrogen-bond acceptors (Lipinski definition) is 2. The third-order valence-corrected chi connectivity index (χ3v) is 5.50. The Morgan fingerprint density at radius 1 is 0.903 bits per heavy atom. The van der Waals surface area contributed by atoms with Crippen molar-refractivity contribution in [3.8, 4) is 28.0 Å². The first kappa shape index (κ1) is 22.6. The summed E-state index contributed by atoms with van der Waals surface area (Å²) in [6.45, 7) is 9.01. The molecule has 3 aromatic rings. The van der Waals surface area contributed by atoms with Gasteiger partial charge in [0, 0.05) is 18.1 Å². The fourth-order valence-electron chi connectivity index (χ4n) is 3.46. The third-order valence-electron chi connectivity index (χ3n) is 5.50. The van der Waals surface area contributed by atoms with Crippen LogP contribution in [0.1, 0.15) is 32.3 Å². The van der Waals surface area contributed by atoms with Crippen LogP contribution in [0.5, 0.6) is 5.75 Å². The minimum atomic E-state index is -0.290. The van der Waals surface area contributed by atoms with Crippen molar-refractivity contribution in [1.29, 1.82) is 0 Å². The lowest BCUT2D eigenvalue weighted by atomic mass is 9.96. The van der Waals surface area contributed by atoms with E-state index < -0.39 is 0 Å². The summed E-state index contributed by atoms with van der Waals surface area (Å²) < 4.78 is 25.3. The maximum absolute atomic E-state index is 14.6. The average Bonchev–Trinajstić information content (AvgIpc) is 2.80. The topological polar surface area (TPSA) is 18.5 Å². The molecule has 0 unspecified atom stereocenters. The Hall–Kier alpha value is -3.07. The van der Waals surface area contributed by atoms with Crippen LogP contribution in [0.25, 0.3) is 22.3 Å². The van der Waals surface area contributed by atoms with Crippen molar-refractivity contribution in [2.24, 2.45) is 5.92 Å². The van der Waals surface area contributed by atoms with Gasteiger partial charge in [0.2, 0.25) is 0 Å². The molecule has 0 amide bonds. The van der Waals surface area contributed by atoms with Crippen molar-refractivity contribution in [3.05, 3.63) is 91.0 Å². The van der Waals surface area contributed by atoms with Crippen LogP contribution in [0.4, 0.5) is 4.39 Å². The van der Waals surface area contributed by atoms with Crippen LogP contribution >= 0.6 is 0 Å². The summed E-state index contributed by atoms with van der Waals surface area (Å²) in [6.07, 6.45) is 4.42. The van der Waals surface area contributed by atoms with Crippen LogP contribution < -0.4 is 4.74 Å². The van der Waals surface area contributed by atoms with E-state index in [1.54, 1.807) is 12.1 Å². The molecule has 0 fully saturated rings. The molecular formula is C28H31FO2. The Labute approximate surface area is 185 Å². The normalized spacial score (nSPS) is 11.7. The predicted molar refractivity (Wildman–Crippen MR) is 127 cm³/mol. The standard InChI is InChI=1S/C28H31FO2/c1-4-21(3)19-22-7-9-23(10-8-22)24-11-13-25(14-12-24)27-16-15-26(20-28(27)29)31-18-6-17-30-5-2/h5,7-16,20-21H,2,4,6,17-19H2,1,3H3/t21-/m0/s1. The lowest BCUT2D eigenvalue weighted by Gasteiger charge is -2.11. The minimum Gasteiger partial charge on any atom is -0.502 e. The molecule has 0 heterocycles. The molecule has 31 heavy (non-hydrogen) atoms. The lowest BCUT2D eigenvalue weighted by Crippen LogP contribution is -2.01. The average molecular weight is 419 g/mol. The van der Waals surface area contributed by atoms with Crippen molar-refractivity contribution in [2.45, 2.75) is 33.1 Å². The van der Waals surface area contributed by atoms with E-state index in [1.165, 1.54) is 29.9 Å². The summed E-state index contributed by atoms with van der Waals surface area (Å²) >= 11 is 0. The van der Waals surface area contributed by atoms with Gasteiger partial charge >= 0.3 is 0 Å². The van der Waals surface area contributed by atoms with E-state index in [1.807, 2.05) is 24.3 Å². The molecule has 0 radical (unpaired) electrons. The molecular weight excluding hydrogens is 387 g/mol. The zero-order valence-corrected chi connectivity index (χ0v) is 18.4. The van der Waals surface area contributed by atoms with E-state index in [-0.39, 0.29) is 5.82 Å². The molecule has 3 aromatic carbocycles. The van der Waals surface area contributed by atoms with Gasteiger partial charge in [-0.2, -0.15) is 0 Å². The molecule has 0 aliphatic heterocycles. The highest BCUT2D eigenvalue weighted by Gasteiger charge is 2.08. The summed E-state index contributed by atoms with van der Waals surface area (Å²) in [5.41, 5.74) is 5.08. The quantitative estimate of drug-likeness (QED) is 0.235. The zero-order valence-electron chi connectivity index (χ0n) is 18.4. The Bertz CT molecular complexity index is 961. The monoisotopic (exact) mass is 418 g/mol. The second-order valence-corrected chi connectivity index (χ2v) is 7.87. The molecule has 3 rings (SSSR count). The summed E-state index contributed by atoms with van der Waals surface area (Å²) in [5, 5.41) is 0. The summed E-state index contributed by atoms with van der Waals surface area (Å²) in [6, 6.07) is 21.8. The highest BCUT2D eigenvalue weighted by Crippen LogP contribution is 2.29. The van der Waals surface area contributed by atoms with E-state index in [2.05, 4.69) is 44.7 Å². The largest absolute Gasteiger partial charge is 0.502 e. The SMILES string of the molecule is C=COCCCOc1ccc(-c2ccc(-c3ccc(C[C@@H](C)CC)cc3)cc2)c(F)c1. The summed E-state index contributed by atoms with van der Waals surface area (Å²) in [4.78, 5) is 0. The molecule has 2 nitrogen and oxygen atoms in total. The van der Waals surface area contributed by atoms with E-state index >= 15 is 0 Å². The molecule has 0 saturated carbocycles. The van der Waals surface area contributed by atoms with Crippen molar-refractivity contribution >= 4 is 0 Å². The second kappa shape index (κ2) is 11.4. The van der Waals surface area contributed by atoms with Gasteiger partial charge in [0.1, 0.15) is 11.6 Å². The summed E-state index contributed by atoms with van der Waals surface area (Å²) in [5.74, 6) is 0.930. The van der Waals surface area contributed by atoms with Crippen LogP contribution in [0.2, 0.25) is 0 Å². The molecule has 0 N–H and O–H groups in total. The van der Waals surface area contributed by atoms with Gasteiger partial charge in [-0.05, 0) is 46.7 Å². The van der Waals surface area contributed by atoms with E-state index in [0.29, 0.717) is 30.4 Å². The van der Waals surface area contributed by atoms with Crippen molar-refractivity contribution in [1.82, 2.24) is 0 Å². The number of ether oxygens (including phenoxy) is 2. The molecule has 3 heteroatoms. The predicted octanol–water partition coefficient (Wildman–Crippen LogP) is 7.68. The Kier molecular flexibility index (Phi) is 8.28. The van der Waals surface area contributed by atoms with Gasteiger partial charge in [-0.25, -0.2) is 4.39 Å². The van der Waals surface area contributed by atoms with Gasteiger partial charge in [0.05, 0.1) is 19.5 Å². The first-order valence-electron chi connectivity index (χ1n) is 10.9. The molecule has 0 aliphatic rings. The van der Waals surface area contributed by atoms with Crippen molar-refractivity contribution in [2.75, 3.05) is 13.2 Å². The highest BCUT2D eigenvalue weighted by molar-refractivity contribution is 5.71. The number of hydrogen-bond donors (Lipinski definition) is 0. The molecule has 162 valence electrons. The van der Waals surface area contributed by atoms with Crippen LogP contribution in [0.3, 0.4) is 0 Å². The van der Waals surface area contributed by atoms with Crippen LogP contribution in [0, 0.1) is 11.7 Å². The van der Waals surface area contributed by atoms with Gasteiger partial charge in [0.15, 0.2) is 0 Å². The molecule has 1 atom stereocenters. The highest BCUT2D eigenvalue weighted by atomic mass is 19.1. The van der Waals surface area contributed by atoms with E-state index in [4.69, 9.17) is 9.47 Å². The van der Waals surface area contributed by atoms with E-state index in [0.717, 1.165) is 24.0 Å². The fourth-order valence-corrected chi connectivity index (χ4v) is 3.46. The first-order valence-corrected chi connectivity index (χ1v) is 10.9. The van der Waals surface area contributed by atoms with Gasteiger partial charge < -0.3 is 9.47 Å². The zero-order chi connectivity index (χ0) is 22.1. The molecule has 0 aliphatic carbocycles. The number of halogens is 1. The van der Waals surface area contributed by atoms with Crippen molar-refractivity contribution < 1.29 is 13.9 Å². The first-order chi connectivity index (χ1) is 15.1. The molecule has 0 bridgehead atoms. The minimum absolute atomic E-state index is 0.290. The molecule has 0 spiro atoms. The third kappa shape index (κ3) is 6.45. The van der Waals surface area contributed by atoms with Crippen LogP contribution in [0.15, 0.2) is 79.6 Å². The van der Waals surface area contributed by atoms with Gasteiger partial charge in [-0.1, -0.05) is 75.4 Å². The Morgan fingerprint density at radius 3 is 2.16 bits per heavy atom.